The first kappa shape index (κ1) is 13.7. The maximum absolute atomic E-state index is 5.67. The smallest absolute Gasteiger partial charge is 0.0514 e. The van der Waals surface area contributed by atoms with Crippen LogP contribution < -0.4 is 5.73 Å². The van der Waals surface area contributed by atoms with Crippen molar-refractivity contribution < 1.29 is 4.74 Å². The lowest BCUT2D eigenvalue weighted by atomic mass is 9.88. The maximum Gasteiger partial charge on any atom is 0.0514 e. The summed E-state index contributed by atoms with van der Waals surface area (Å²) in [5, 5.41) is 2.11. The van der Waals surface area contributed by atoms with E-state index in [0.29, 0.717) is 0 Å². The van der Waals surface area contributed by atoms with Crippen molar-refractivity contribution in [1.82, 2.24) is 0 Å². The lowest BCUT2D eigenvalue weighted by Crippen LogP contribution is -2.23. The van der Waals surface area contributed by atoms with E-state index >= 15 is 0 Å². The van der Waals surface area contributed by atoms with Crippen molar-refractivity contribution in [1.29, 1.82) is 0 Å². The Kier molecular flexibility index (Phi) is 6.03. The highest BCUT2D eigenvalue weighted by atomic mass is 32.1. The maximum atomic E-state index is 5.67. The average Bonchev–Trinajstić information content (AvgIpc) is 2.76. The molecule has 16 heavy (non-hydrogen) atoms. The first-order valence-corrected chi connectivity index (χ1v) is 6.82. The van der Waals surface area contributed by atoms with Crippen LogP contribution in [0.3, 0.4) is 0 Å². The molecule has 1 aromatic heterocycles. The van der Waals surface area contributed by atoms with Crippen LogP contribution in [-0.2, 0) is 11.2 Å². The van der Waals surface area contributed by atoms with Gasteiger partial charge in [0.15, 0.2) is 0 Å². The second-order valence-electron chi connectivity index (χ2n) is 4.91. The summed E-state index contributed by atoms with van der Waals surface area (Å²) in [6, 6.07) is 4.25. The Hall–Kier alpha value is -0.380. The zero-order valence-corrected chi connectivity index (χ0v) is 11.2. The zero-order valence-electron chi connectivity index (χ0n) is 10.4. The van der Waals surface area contributed by atoms with E-state index in [2.05, 4.69) is 31.4 Å². The highest BCUT2D eigenvalue weighted by Crippen LogP contribution is 2.19. The Labute approximate surface area is 103 Å². The minimum atomic E-state index is 0.261. The van der Waals surface area contributed by atoms with Crippen LogP contribution in [0, 0.1) is 5.41 Å². The van der Waals surface area contributed by atoms with Gasteiger partial charge in [-0.1, -0.05) is 19.9 Å². The van der Waals surface area contributed by atoms with Crippen LogP contribution in [-0.4, -0.2) is 19.8 Å². The summed E-state index contributed by atoms with van der Waals surface area (Å²) in [4.78, 5) is 1.40. The van der Waals surface area contributed by atoms with Gasteiger partial charge in [0.2, 0.25) is 0 Å². The molecule has 0 saturated carbocycles. The van der Waals surface area contributed by atoms with E-state index < -0.39 is 0 Å². The fraction of sp³-hybridized carbons (Fsp3) is 0.692. The number of thiophene rings is 1. The van der Waals surface area contributed by atoms with Crippen LogP contribution in [0.1, 0.15) is 31.6 Å². The molecule has 0 saturated heterocycles. The number of hydrogen-bond donors (Lipinski definition) is 1. The van der Waals surface area contributed by atoms with Crippen LogP contribution in [0.25, 0.3) is 0 Å². The topological polar surface area (TPSA) is 35.2 Å². The van der Waals surface area contributed by atoms with Gasteiger partial charge in [0.1, 0.15) is 0 Å². The fourth-order valence-corrected chi connectivity index (χ4v) is 2.17. The zero-order chi connectivity index (χ0) is 11.9. The molecule has 1 heterocycles. The summed E-state index contributed by atoms with van der Waals surface area (Å²) in [6.07, 6.45) is 3.29. The molecule has 3 heteroatoms. The van der Waals surface area contributed by atoms with E-state index in [-0.39, 0.29) is 5.41 Å². The minimum absolute atomic E-state index is 0.261. The van der Waals surface area contributed by atoms with Crippen molar-refractivity contribution in [3.05, 3.63) is 22.4 Å². The molecule has 0 aromatic carbocycles. The van der Waals surface area contributed by atoms with E-state index in [4.69, 9.17) is 10.5 Å². The van der Waals surface area contributed by atoms with Crippen LogP contribution in [0.2, 0.25) is 0 Å². The number of rotatable bonds is 8. The van der Waals surface area contributed by atoms with Gasteiger partial charge in [0, 0.05) is 17.9 Å². The van der Waals surface area contributed by atoms with Crippen molar-refractivity contribution in [2.24, 2.45) is 11.1 Å². The van der Waals surface area contributed by atoms with Crippen molar-refractivity contribution in [3.63, 3.8) is 0 Å². The van der Waals surface area contributed by atoms with Crippen LogP contribution in [0.5, 0.6) is 0 Å². The standard InChI is InChI=1S/C13H23NOS/c1-13(2,11-14)7-4-8-15-9-6-12-5-3-10-16-12/h3,5,10H,4,6-9,11,14H2,1-2H3. The Morgan fingerprint density at radius 3 is 2.81 bits per heavy atom. The number of hydrogen-bond acceptors (Lipinski definition) is 3. The molecule has 0 atom stereocenters. The molecule has 0 bridgehead atoms. The van der Waals surface area contributed by atoms with Gasteiger partial charge in [-0.25, -0.2) is 0 Å². The predicted octanol–water partition coefficient (Wildman–Crippen LogP) is 3.07. The lowest BCUT2D eigenvalue weighted by Gasteiger charge is -2.21. The average molecular weight is 241 g/mol. The summed E-state index contributed by atoms with van der Waals surface area (Å²) in [5.41, 5.74) is 5.93. The van der Waals surface area contributed by atoms with Crippen LogP contribution in [0.4, 0.5) is 0 Å². The summed E-state index contributed by atoms with van der Waals surface area (Å²) >= 11 is 1.80. The second kappa shape index (κ2) is 7.05. The molecule has 0 aliphatic carbocycles. The Morgan fingerprint density at radius 2 is 2.19 bits per heavy atom. The number of nitrogens with two attached hydrogens (primary N) is 1. The molecule has 1 aromatic rings. The highest BCUT2D eigenvalue weighted by Gasteiger charge is 2.14. The summed E-state index contributed by atoms with van der Waals surface area (Å²) < 4.78 is 5.61. The third kappa shape index (κ3) is 5.64. The molecule has 1 rings (SSSR count). The first-order chi connectivity index (χ1) is 7.64. The van der Waals surface area contributed by atoms with Gasteiger partial charge in [-0.3, -0.25) is 0 Å². The molecule has 92 valence electrons. The summed E-state index contributed by atoms with van der Waals surface area (Å²) in [7, 11) is 0. The van der Waals surface area contributed by atoms with Gasteiger partial charge in [0.05, 0.1) is 6.61 Å². The van der Waals surface area contributed by atoms with Crippen LogP contribution in [0.15, 0.2) is 17.5 Å². The van der Waals surface area contributed by atoms with E-state index in [0.717, 1.165) is 39.0 Å². The third-order valence-corrected chi connectivity index (χ3v) is 3.70. The van der Waals surface area contributed by atoms with E-state index in [1.807, 2.05) is 0 Å². The molecule has 0 radical (unpaired) electrons. The van der Waals surface area contributed by atoms with Crippen molar-refractivity contribution in [2.45, 2.75) is 33.1 Å². The largest absolute Gasteiger partial charge is 0.381 e. The van der Waals surface area contributed by atoms with E-state index in [1.54, 1.807) is 11.3 Å². The van der Waals surface area contributed by atoms with E-state index in [9.17, 15) is 0 Å². The SMILES string of the molecule is CC(C)(CN)CCCOCCc1cccs1. The Morgan fingerprint density at radius 1 is 1.38 bits per heavy atom. The molecule has 0 fully saturated rings. The van der Waals surface area contributed by atoms with Crippen molar-refractivity contribution in [3.8, 4) is 0 Å². The molecule has 0 aliphatic heterocycles. The third-order valence-electron chi connectivity index (χ3n) is 2.77. The predicted molar refractivity (Wildman–Crippen MR) is 70.9 cm³/mol. The molecule has 0 spiro atoms. The molecule has 0 aliphatic rings. The van der Waals surface area contributed by atoms with Gasteiger partial charge in [-0.2, -0.15) is 0 Å². The quantitative estimate of drug-likeness (QED) is 0.710. The number of ether oxygens (including phenoxy) is 1. The molecule has 0 amide bonds. The Bertz CT molecular complexity index is 269. The van der Waals surface area contributed by atoms with Crippen molar-refractivity contribution in [2.75, 3.05) is 19.8 Å². The molecular weight excluding hydrogens is 218 g/mol. The summed E-state index contributed by atoms with van der Waals surface area (Å²) in [5.74, 6) is 0. The van der Waals surface area contributed by atoms with Gasteiger partial charge >= 0.3 is 0 Å². The van der Waals surface area contributed by atoms with Gasteiger partial charge < -0.3 is 10.5 Å². The van der Waals surface area contributed by atoms with Crippen LogP contribution >= 0.6 is 11.3 Å². The normalized spacial score (nSPS) is 11.9. The van der Waals surface area contributed by atoms with Gasteiger partial charge in [-0.05, 0) is 36.2 Å². The van der Waals surface area contributed by atoms with E-state index in [1.165, 1.54) is 4.88 Å². The highest BCUT2D eigenvalue weighted by molar-refractivity contribution is 7.09. The van der Waals surface area contributed by atoms with Gasteiger partial charge in [-0.15, -0.1) is 11.3 Å². The molecule has 2 nitrogen and oxygen atoms in total. The molecule has 0 unspecified atom stereocenters. The minimum Gasteiger partial charge on any atom is -0.381 e. The first-order valence-electron chi connectivity index (χ1n) is 5.94. The monoisotopic (exact) mass is 241 g/mol. The van der Waals surface area contributed by atoms with Crippen molar-refractivity contribution >= 4 is 11.3 Å². The fourth-order valence-electron chi connectivity index (χ4n) is 1.48. The van der Waals surface area contributed by atoms with Gasteiger partial charge in [0.25, 0.3) is 0 Å². The second-order valence-corrected chi connectivity index (χ2v) is 5.95. The molecular formula is C13H23NOS. The summed E-state index contributed by atoms with van der Waals surface area (Å²) in [6.45, 7) is 6.86. The molecule has 2 N–H and O–H groups in total. The Balaban J connectivity index is 1.96. The lowest BCUT2D eigenvalue weighted by molar-refractivity contribution is 0.124.